The lowest BCUT2D eigenvalue weighted by atomic mass is 9.99. The Morgan fingerprint density at radius 2 is 1.90 bits per heavy atom. The van der Waals surface area contributed by atoms with Gasteiger partial charge in [-0.1, -0.05) is 30.3 Å². The van der Waals surface area contributed by atoms with Crippen LogP contribution in [0.4, 0.5) is 17.6 Å². The maximum atomic E-state index is 14.1. The number of amides is 2. The smallest absolute Gasteiger partial charge is 0.354 e. The van der Waals surface area contributed by atoms with Gasteiger partial charge in [-0.05, 0) is 36.1 Å². The van der Waals surface area contributed by atoms with Gasteiger partial charge in [-0.25, -0.2) is 4.39 Å². The number of hydrogen-bond acceptors (Lipinski definition) is 2. The van der Waals surface area contributed by atoms with Crippen molar-refractivity contribution in [3.05, 3.63) is 59.4 Å². The zero-order valence-electron chi connectivity index (χ0n) is 16.3. The highest BCUT2D eigenvalue weighted by Crippen LogP contribution is 2.39. The van der Waals surface area contributed by atoms with Crippen LogP contribution in [0.1, 0.15) is 24.0 Å². The molecule has 0 radical (unpaired) electrons. The van der Waals surface area contributed by atoms with Crippen LogP contribution in [0, 0.1) is 5.82 Å². The van der Waals surface area contributed by atoms with Crippen LogP contribution in [0.5, 0.6) is 0 Å². The van der Waals surface area contributed by atoms with Crippen LogP contribution in [-0.4, -0.2) is 29.4 Å². The third-order valence-electron chi connectivity index (χ3n) is 5.33. The molecule has 2 heterocycles. The number of rotatable bonds is 5. The van der Waals surface area contributed by atoms with Gasteiger partial charge < -0.3 is 15.6 Å². The summed E-state index contributed by atoms with van der Waals surface area (Å²) >= 11 is 0. The average molecular weight is 433 g/mol. The van der Waals surface area contributed by atoms with Crippen LogP contribution in [-0.2, 0) is 22.2 Å². The summed E-state index contributed by atoms with van der Waals surface area (Å²) in [5.74, 6) is -1.67. The Balaban J connectivity index is 1.72. The number of carbonyl (C=O) groups excluding carboxylic acids is 2. The summed E-state index contributed by atoms with van der Waals surface area (Å²) in [6.07, 6.45) is -4.25. The molecule has 1 aromatic heterocycles. The number of aromatic amines is 1. The quantitative estimate of drug-likeness (QED) is 0.534. The van der Waals surface area contributed by atoms with Gasteiger partial charge in [-0.15, -0.1) is 0 Å². The van der Waals surface area contributed by atoms with Crippen molar-refractivity contribution in [2.24, 2.45) is 0 Å². The molecule has 2 amide bonds. The number of H-pyrrole nitrogens is 1. The molecule has 1 unspecified atom stereocenters. The van der Waals surface area contributed by atoms with Crippen LogP contribution in [0.15, 0.2) is 42.5 Å². The first kappa shape index (κ1) is 20.9. The zero-order valence-corrected chi connectivity index (χ0v) is 16.3. The fourth-order valence-electron chi connectivity index (χ4n) is 3.89. The Kier molecular flexibility index (Phi) is 5.43. The molecule has 162 valence electrons. The van der Waals surface area contributed by atoms with E-state index in [-0.39, 0.29) is 29.7 Å². The summed E-state index contributed by atoms with van der Waals surface area (Å²) in [4.78, 5) is 26.8. The molecule has 0 saturated carbocycles. The molecule has 1 aliphatic heterocycles. The lowest BCUT2D eigenvalue weighted by molar-refractivity contribution is -0.136. The van der Waals surface area contributed by atoms with E-state index < -0.39 is 29.5 Å². The number of hydrogen-bond donors (Lipinski definition) is 3. The molecular weight excluding hydrogens is 414 g/mol. The molecule has 3 N–H and O–H groups in total. The second-order valence-electron chi connectivity index (χ2n) is 7.42. The molecule has 2 aromatic carbocycles. The van der Waals surface area contributed by atoms with Crippen molar-refractivity contribution in [2.75, 3.05) is 6.54 Å². The number of carbonyl (C=O) groups is 2. The van der Waals surface area contributed by atoms with Crippen molar-refractivity contribution in [2.45, 2.75) is 31.5 Å². The molecular formula is C22H19F4N3O2. The minimum Gasteiger partial charge on any atom is -0.354 e. The van der Waals surface area contributed by atoms with E-state index in [1.54, 1.807) is 30.3 Å². The minimum absolute atomic E-state index is 0.0611. The van der Waals surface area contributed by atoms with Crippen molar-refractivity contribution in [1.82, 2.24) is 15.6 Å². The summed E-state index contributed by atoms with van der Waals surface area (Å²) in [6, 6.07) is 9.59. The zero-order chi connectivity index (χ0) is 22.2. The van der Waals surface area contributed by atoms with E-state index >= 15 is 0 Å². The molecule has 0 bridgehead atoms. The Hall–Kier alpha value is -3.36. The Bertz CT molecular complexity index is 1140. The molecule has 1 atom stereocenters. The van der Waals surface area contributed by atoms with Crippen molar-refractivity contribution >= 4 is 22.7 Å². The number of aryl methyl sites for hydroxylation is 1. The highest BCUT2D eigenvalue weighted by Gasteiger charge is 2.35. The first-order valence-corrected chi connectivity index (χ1v) is 9.78. The van der Waals surface area contributed by atoms with Gasteiger partial charge >= 0.3 is 6.18 Å². The van der Waals surface area contributed by atoms with Crippen LogP contribution in [0.2, 0.25) is 0 Å². The molecule has 3 aromatic rings. The predicted octanol–water partition coefficient (Wildman–Crippen LogP) is 3.93. The van der Waals surface area contributed by atoms with Crippen molar-refractivity contribution in [3.8, 4) is 11.3 Å². The van der Waals surface area contributed by atoms with Crippen molar-refractivity contribution in [3.63, 3.8) is 0 Å². The number of fused-ring (bicyclic) bond motifs is 1. The normalized spacial score (nSPS) is 16.5. The molecule has 0 spiro atoms. The fraction of sp³-hybridized carbons (Fsp3) is 0.273. The van der Waals surface area contributed by atoms with E-state index in [0.29, 0.717) is 35.9 Å². The first-order valence-electron chi connectivity index (χ1n) is 9.78. The van der Waals surface area contributed by atoms with E-state index in [9.17, 15) is 27.2 Å². The van der Waals surface area contributed by atoms with Crippen molar-refractivity contribution < 1.29 is 27.2 Å². The number of aromatic nitrogens is 1. The van der Waals surface area contributed by atoms with Gasteiger partial charge in [0.25, 0.3) is 0 Å². The van der Waals surface area contributed by atoms with Crippen molar-refractivity contribution in [1.29, 1.82) is 0 Å². The molecule has 1 aliphatic rings. The van der Waals surface area contributed by atoms with Gasteiger partial charge in [0.05, 0.1) is 11.1 Å². The number of alkyl halides is 3. The third kappa shape index (κ3) is 4.26. The Morgan fingerprint density at radius 1 is 1.16 bits per heavy atom. The Morgan fingerprint density at radius 3 is 2.55 bits per heavy atom. The maximum Gasteiger partial charge on any atom is 0.418 e. The lowest BCUT2D eigenvalue weighted by Crippen LogP contribution is -2.40. The second-order valence-corrected chi connectivity index (χ2v) is 7.42. The summed E-state index contributed by atoms with van der Waals surface area (Å²) in [6.45, 7) is 0.476. The molecule has 31 heavy (non-hydrogen) atoms. The molecule has 1 fully saturated rings. The second kappa shape index (κ2) is 8.05. The van der Waals surface area contributed by atoms with Crippen LogP contribution < -0.4 is 10.6 Å². The minimum atomic E-state index is -4.75. The molecule has 1 saturated heterocycles. The topological polar surface area (TPSA) is 74.0 Å². The van der Waals surface area contributed by atoms with Crippen LogP contribution in [0.25, 0.3) is 22.2 Å². The molecule has 0 aliphatic carbocycles. The predicted molar refractivity (Wildman–Crippen MR) is 107 cm³/mol. The Labute approximate surface area is 174 Å². The van der Waals surface area contributed by atoms with Gasteiger partial charge in [0.1, 0.15) is 11.9 Å². The monoisotopic (exact) mass is 433 g/mol. The van der Waals surface area contributed by atoms with Crippen LogP contribution >= 0.6 is 0 Å². The SMILES string of the molecule is O=C(CCc1c(-c2ccccc2)[nH]c2c(C(F)(F)F)cc(F)cc12)NC1CCNC1=O. The van der Waals surface area contributed by atoms with Gasteiger partial charge in [-0.2, -0.15) is 13.2 Å². The lowest BCUT2D eigenvalue weighted by Gasteiger charge is -2.11. The maximum absolute atomic E-state index is 14.1. The van der Waals surface area contributed by atoms with E-state index in [0.717, 1.165) is 6.07 Å². The van der Waals surface area contributed by atoms with Gasteiger partial charge in [0.2, 0.25) is 11.8 Å². The summed E-state index contributed by atoms with van der Waals surface area (Å²) in [7, 11) is 0. The summed E-state index contributed by atoms with van der Waals surface area (Å²) < 4.78 is 54.7. The number of benzene rings is 2. The van der Waals surface area contributed by atoms with E-state index in [4.69, 9.17) is 0 Å². The van der Waals surface area contributed by atoms with E-state index in [1.165, 1.54) is 0 Å². The number of halogens is 4. The standard InChI is InChI=1S/C22H19F4N3O2/c23-13-10-15-14(6-7-18(30)28-17-8-9-27-21(17)31)19(12-4-2-1-3-5-12)29-20(15)16(11-13)22(24,25)26/h1-5,10-11,17,29H,6-9H2,(H,27,31)(H,28,30). The third-order valence-corrected chi connectivity index (χ3v) is 5.33. The van der Waals surface area contributed by atoms with Gasteiger partial charge in [-0.3, -0.25) is 9.59 Å². The molecule has 4 rings (SSSR count). The largest absolute Gasteiger partial charge is 0.418 e. The highest BCUT2D eigenvalue weighted by molar-refractivity contribution is 5.94. The fourth-order valence-corrected chi connectivity index (χ4v) is 3.89. The summed E-state index contributed by atoms with van der Waals surface area (Å²) in [5, 5.41) is 5.33. The molecule has 5 nitrogen and oxygen atoms in total. The van der Waals surface area contributed by atoms with Crippen LogP contribution in [0.3, 0.4) is 0 Å². The first-order chi connectivity index (χ1) is 14.7. The summed E-state index contributed by atoms with van der Waals surface area (Å²) in [5.41, 5.74) is 0.115. The van der Waals surface area contributed by atoms with Gasteiger partial charge in [0.15, 0.2) is 0 Å². The highest BCUT2D eigenvalue weighted by atomic mass is 19.4. The van der Waals surface area contributed by atoms with E-state index in [1.807, 2.05) is 0 Å². The van der Waals surface area contributed by atoms with Gasteiger partial charge in [0, 0.05) is 24.0 Å². The average Bonchev–Trinajstić information content (AvgIpc) is 3.29. The molecule has 9 heteroatoms. The van der Waals surface area contributed by atoms with E-state index in [2.05, 4.69) is 15.6 Å². The number of nitrogens with one attached hydrogen (secondary N) is 3.